The van der Waals surface area contributed by atoms with Crippen LogP contribution in [0.3, 0.4) is 0 Å². The molecule has 0 unspecified atom stereocenters. The van der Waals surface area contributed by atoms with Gasteiger partial charge in [-0.1, -0.05) is 137 Å². The molecule has 2 nitrogen and oxygen atoms in total. The van der Waals surface area contributed by atoms with E-state index >= 15 is 0 Å². The predicted molar refractivity (Wildman–Crippen MR) is 247 cm³/mol. The summed E-state index contributed by atoms with van der Waals surface area (Å²) < 4.78 is 0. The zero-order chi connectivity index (χ0) is 40.0. The molecule has 0 aromatic heterocycles. The van der Waals surface area contributed by atoms with Gasteiger partial charge in [0.15, 0.2) is 0 Å². The molecule has 0 radical (unpaired) electrons. The molecule has 4 aliphatic rings. The van der Waals surface area contributed by atoms with Crippen molar-refractivity contribution in [3.05, 3.63) is 136 Å². The lowest BCUT2D eigenvalue weighted by Gasteiger charge is -2.46. The largest absolute Gasteiger partial charge is 0.311 e. The molecule has 2 heterocycles. The highest BCUT2D eigenvalue weighted by Gasteiger charge is 2.46. The van der Waals surface area contributed by atoms with Crippen LogP contribution in [0.2, 0.25) is 0 Å². The molecule has 6 aromatic rings. The Morgan fingerprint density at radius 2 is 1.02 bits per heavy atom. The summed E-state index contributed by atoms with van der Waals surface area (Å²) in [4.78, 5) is 5.40. The van der Waals surface area contributed by atoms with E-state index in [1.165, 1.54) is 107 Å². The van der Waals surface area contributed by atoms with Crippen LogP contribution in [0.1, 0.15) is 122 Å². The second-order valence-electron chi connectivity index (χ2n) is 21.7. The van der Waals surface area contributed by atoms with Crippen LogP contribution in [-0.2, 0) is 41.9 Å². The number of aryl methyl sites for hydroxylation is 2. The number of rotatable bonds is 2. The second kappa shape index (κ2) is 12.1. The molecular weight excluding hydrogens is 687 g/mol. The monoisotopic (exact) mass is 746 g/mol. The van der Waals surface area contributed by atoms with Crippen molar-refractivity contribution in [3.63, 3.8) is 0 Å². The number of hydrogen-bond acceptors (Lipinski definition) is 2. The summed E-state index contributed by atoms with van der Waals surface area (Å²) in [5, 5.41) is 2.85. The first kappa shape index (κ1) is 36.6. The maximum Gasteiger partial charge on any atom is 0.252 e. The van der Waals surface area contributed by atoms with Crippen LogP contribution < -0.4 is 26.2 Å². The molecule has 0 amide bonds. The van der Waals surface area contributed by atoms with Crippen molar-refractivity contribution in [1.29, 1.82) is 0 Å². The van der Waals surface area contributed by atoms with Crippen molar-refractivity contribution < 1.29 is 0 Å². The quantitative estimate of drug-likeness (QED) is 0.163. The Bertz CT molecular complexity index is 2650. The average Bonchev–Trinajstić information content (AvgIpc) is 3.48. The minimum Gasteiger partial charge on any atom is -0.311 e. The lowest BCUT2D eigenvalue weighted by atomic mass is 9.33. The summed E-state index contributed by atoms with van der Waals surface area (Å²) in [6, 6.07) is 39.1. The van der Waals surface area contributed by atoms with Crippen molar-refractivity contribution in [3.8, 4) is 0 Å². The van der Waals surface area contributed by atoms with E-state index in [0.29, 0.717) is 0 Å². The second-order valence-corrected chi connectivity index (χ2v) is 21.7. The molecule has 0 spiro atoms. The fourth-order valence-electron chi connectivity index (χ4n) is 10.8. The molecule has 57 heavy (non-hydrogen) atoms. The molecule has 10 rings (SSSR count). The molecule has 0 fully saturated rings. The Hall–Kier alpha value is -4.76. The Kier molecular flexibility index (Phi) is 7.79. The summed E-state index contributed by atoms with van der Waals surface area (Å²) in [7, 11) is 0. The van der Waals surface area contributed by atoms with E-state index in [1.54, 1.807) is 0 Å². The summed E-state index contributed by atoms with van der Waals surface area (Å²) >= 11 is 0. The van der Waals surface area contributed by atoms with Crippen LogP contribution in [0.4, 0.5) is 34.1 Å². The van der Waals surface area contributed by atoms with E-state index in [1.807, 2.05) is 0 Å². The smallest absolute Gasteiger partial charge is 0.252 e. The SMILES string of the molecule is CC1(C)Cc2cccc(N3c4cc(C(C)(C)C)ccc4B4c5ccc(C(C)(C)C)cc5N(c5ccc6c7c(cccc57)CCC6)c5cc(C(C)(C)C)cc3c54)c2C1. The molecule has 2 aliphatic carbocycles. The van der Waals surface area contributed by atoms with Gasteiger partial charge in [0, 0.05) is 33.8 Å². The van der Waals surface area contributed by atoms with Crippen molar-refractivity contribution in [2.45, 2.75) is 125 Å². The standard InChI is InChI=1S/C54H59BN2/c1-51(2,3)36-22-24-41-45(27-36)56(43-20-14-18-35-31-54(10,11)32-40(35)43)47-29-38(53(7,8)9)30-48-50(47)55(41)42-25-23-37(52(4,5)6)28-46(42)57(48)44-26-21-34-16-12-15-33-17-13-19-39(44)49(33)34/h13-14,17-30H,12,15-16,31-32H2,1-11H3. The van der Waals surface area contributed by atoms with Crippen molar-refractivity contribution in [1.82, 2.24) is 0 Å². The highest BCUT2D eigenvalue weighted by Crippen LogP contribution is 2.51. The molecule has 6 aromatic carbocycles. The topological polar surface area (TPSA) is 6.48 Å². The fourth-order valence-corrected chi connectivity index (χ4v) is 10.8. The van der Waals surface area contributed by atoms with Gasteiger partial charge in [-0.3, -0.25) is 0 Å². The van der Waals surface area contributed by atoms with Gasteiger partial charge in [0.25, 0.3) is 6.71 Å². The molecule has 2 aliphatic heterocycles. The predicted octanol–water partition coefficient (Wildman–Crippen LogP) is 12.4. The summed E-state index contributed by atoms with van der Waals surface area (Å²) in [5.74, 6) is 0. The molecule has 0 saturated carbocycles. The van der Waals surface area contributed by atoms with Gasteiger partial charge in [0.1, 0.15) is 0 Å². The molecule has 0 atom stereocenters. The van der Waals surface area contributed by atoms with Crippen LogP contribution >= 0.6 is 0 Å². The highest BCUT2D eigenvalue weighted by molar-refractivity contribution is 7.00. The van der Waals surface area contributed by atoms with Crippen LogP contribution in [0, 0.1) is 5.41 Å². The van der Waals surface area contributed by atoms with E-state index in [4.69, 9.17) is 0 Å². The maximum atomic E-state index is 2.71. The maximum absolute atomic E-state index is 2.71. The Morgan fingerprint density at radius 3 is 1.61 bits per heavy atom. The summed E-state index contributed by atoms with van der Waals surface area (Å²) in [6.07, 6.45) is 5.72. The van der Waals surface area contributed by atoms with Crippen LogP contribution in [0.5, 0.6) is 0 Å². The molecule has 0 saturated heterocycles. The zero-order valence-electron chi connectivity index (χ0n) is 36.2. The van der Waals surface area contributed by atoms with Gasteiger partial charge in [-0.05, 0) is 151 Å². The number of benzene rings is 6. The van der Waals surface area contributed by atoms with E-state index in [-0.39, 0.29) is 28.4 Å². The van der Waals surface area contributed by atoms with Crippen molar-refractivity contribution in [2.24, 2.45) is 5.41 Å². The van der Waals surface area contributed by atoms with Crippen LogP contribution in [-0.4, -0.2) is 6.71 Å². The van der Waals surface area contributed by atoms with Crippen LogP contribution in [0.15, 0.2) is 97.1 Å². The number of fused-ring (bicyclic) bond motifs is 5. The van der Waals surface area contributed by atoms with E-state index in [2.05, 4.69) is 183 Å². The van der Waals surface area contributed by atoms with E-state index in [0.717, 1.165) is 25.7 Å². The van der Waals surface area contributed by atoms with Crippen molar-refractivity contribution in [2.75, 3.05) is 9.80 Å². The third kappa shape index (κ3) is 5.65. The first-order chi connectivity index (χ1) is 26.9. The zero-order valence-corrected chi connectivity index (χ0v) is 36.2. The lowest BCUT2D eigenvalue weighted by molar-refractivity contribution is 0.393. The minimum absolute atomic E-state index is 0.00364. The van der Waals surface area contributed by atoms with E-state index in [9.17, 15) is 0 Å². The number of anilines is 6. The Morgan fingerprint density at radius 1 is 0.491 bits per heavy atom. The van der Waals surface area contributed by atoms with Gasteiger partial charge in [-0.2, -0.15) is 0 Å². The van der Waals surface area contributed by atoms with Gasteiger partial charge in [-0.25, -0.2) is 0 Å². The lowest BCUT2D eigenvalue weighted by Crippen LogP contribution is -2.61. The van der Waals surface area contributed by atoms with Gasteiger partial charge in [0.05, 0.1) is 5.69 Å². The Balaban J connectivity index is 1.35. The molecular formula is C54H59BN2. The van der Waals surface area contributed by atoms with Gasteiger partial charge in [-0.15, -0.1) is 0 Å². The minimum atomic E-state index is -0.0695. The molecule has 0 N–H and O–H groups in total. The summed E-state index contributed by atoms with van der Waals surface area (Å²) in [5.41, 5.74) is 22.4. The molecule has 288 valence electrons. The van der Waals surface area contributed by atoms with E-state index < -0.39 is 0 Å². The first-order valence-corrected chi connectivity index (χ1v) is 21.6. The van der Waals surface area contributed by atoms with Gasteiger partial charge >= 0.3 is 0 Å². The van der Waals surface area contributed by atoms with Crippen LogP contribution in [0.25, 0.3) is 10.8 Å². The summed E-state index contributed by atoms with van der Waals surface area (Å²) in [6.45, 7) is 26.3. The highest BCUT2D eigenvalue weighted by atomic mass is 15.2. The average molecular weight is 747 g/mol. The van der Waals surface area contributed by atoms with Gasteiger partial charge < -0.3 is 9.80 Å². The van der Waals surface area contributed by atoms with Crippen molar-refractivity contribution >= 4 is 68.0 Å². The molecule has 3 heteroatoms. The number of nitrogens with zero attached hydrogens (tertiary/aromatic N) is 2. The van der Waals surface area contributed by atoms with Gasteiger partial charge in [0.2, 0.25) is 0 Å². The normalized spacial score (nSPS) is 16.7. The fraction of sp³-hybridized carbons (Fsp3) is 0.370. The first-order valence-electron chi connectivity index (χ1n) is 21.6. The number of hydrogen-bond donors (Lipinski definition) is 0. The third-order valence-electron chi connectivity index (χ3n) is 13.8. The Labute approximate surface area is 342 Å². The molecule has 0 bridgehead atoms. The third-order valence-corrected chi connectivity index (χ3v) is 13.8.